The highest BCUT2D eigenvalue weighted by atomic mass is 31.2. The molecule has 4 nitrogen and oxygen atoms in total. The molecular weight excluding hydrogens is 251 g/mol. The molecule has 0 rings (SSSR count). The zero-order valence-electron chi connectivity index (χ0n) is 11.5. The first-order valence-electron chi connectivity index (χ1n) is 6.52. The summed E-state index contributed by atoms with van der Waals surface area (Å²) in [6.45, 7) is 7.08. The van der Waals surface area contributed by atoms with E-state index in [4.69, 9.17) is 4.74 Å². The number of esters is 1. The molecule has 1 unspecified atom stereocenters. The van der Waals surface area contributed by atoms with Crippen molar-refractivity contribution >= 4 is 13.3 Å². The molecule has 0 aliphatic heterocycles. The van der Waals surface area contributed by atoms with Crippen LogP contribution in [0.4, 0.5) is 0 Å². The molecule has 0 radical (unpaired) electrons. The van der Waals surface area contributed by atoms with E-state index in [-0.39, 0.29) is 11.7 Å². The molecule has 0 aliphatic carbocycles. The van der Waals surface area contributed by atoms with E-state index in [1.54, 1.807) is 0 Å². The van der Waals surface area contributed by atoms with Gasteiger partial charge in [0.15, 0.2) is 6.35 Å². The van der Waals surface area contributed by atoms with Crippen molar-refractivity contribution in [3.05, 3.63) is 12.2 Å². The van der Waals surface area contributed by atoms with Gasteiger partial charge in [-0.2, -0.15) is 0 Å². The molecule has 0 aromatic heterocycles. The molecule has 5 heteroatoms. The summed E-state index contributed by atoms with van der Waals surface area (Å²) in [6.07, 6.45) is 6.18. The van der Waals surface area contributed by atoms with E-state index in [1.807, 2.05) is 0 Å². The van der Waals surface area contributed by atoms with Crippen LogP contribution in [-0.2, 0) is 14.1 Å². The van der Waals surface area contributed by atoms with Crippen LogP contribution in [0.2, 0.25) is 0 Å². The lowest BCUT2D eigenvalue weighted by Gasteiger charge is -2.11. The fraction of sp³-hybridized carbons (Fsp3) is 0.769. The summed E-state index contributed by atoms with van der Waals surface area (Å²) in [4.78, 5) is 20.7. The van der Waals surface area contributed by atoms with Crippen molar-refractivity contribution in [3.63, 3.8) is 0 Å². The van der Waals surface area contributed by atoms with E-state index in [0.29, 0.717) is 6.42 Å². The van der Waals surface area contributed by atoms with Crippen LogP contribution in [-0.4, -0.2) is 23.4 Å². The molecule has 0 aliphatic rings. The van der Waals surface area contributed by atoms with Crippen molar-refractivity contribution in [2.45, 2.75) is 52.4 Å². The highest BCUT2D eigenvalue weighted by Gasteiger charge is 2.20. The van der Waals surface area contributed by atoms with E-state index < -0.39 is 19.7 Å². The van der Waals surface area contributed by atoms with Crippen LogP contribution < -0.4 is 0 Å². The Labute approximate surface area is 110 Å². The number of unbranched alkanes of at least 4 members (excludes halogenated alkanes) is 5. The maximum atomic E-state index is 11.7. The molecule has 0 spiro atoms. The van der Waals surface area contributed by atoms with Crippen LogP contribution in [0.3, 0.4) is 0 Å². The van der Waals surface area contributed by atoms with E-state index in [0.717, 1.165) is 12.8 Å². The van der Waals surface area contributed by atoms with E-state index in [2.05, 4.69) is 13.5 Å². The van der Waals surface area contributed by atoms with Gasteiger partial charge < -0.3 is 9.63 Å². The molecule has 0 saturated heterocycles. The van der Waals surface area contributed by atoms with Crippen LogP contribution in [0.1, 0.15) is 52.4 Å². The number of hydrogen-bond donors (Lipinski definition) is 1. The molecule has 0 aromatic carbocycles. The van der Waals surface area contributed by atoms with Gasteiger partial charge in [0.25, 0.3) is 0 Å². The summed E-state index contributed by atoms with van der Waals surface area (Å²) in [7, 11) is -3.33. The number of carbonyl (C=O) groups excluding carboxylic acids is 1. The highest BCUT2D eigenvalue weighted by Crippen LogP contribution is 2.41. The van der Waals surface area contributed by atoms with Gasteiger partial charge in [0.1, 0.15) is 0 Å². The Kier molecular flexibility index (Phi) is 9.03. The average molecular weight is 276 g/mol. The Hall–Kier alpha value is -0.600. The second-order valence-corrected chi connectivity index (χ2v) is 7.08. The summed E-state index contributed by atoms with van der Waals surface area (Å²) in [5, 5.41) is 0. The average Bonchev–Trinajstić information content (AvgIpc) is 2.30. The quantitative estimate of drug-likeness (QED) is 0.286. The second kappa shape index (κ2) is 9.35. The van der Waals surface area contributed by atoms with E-state index in [1.165, 1.54) is 26.2 Å². The molecular formula is C13H25O4P. The fourth-order valence-electron chi connectivity index (χ4n) is 1.49. The van der Waals surface area contributed by atoms with Gasteiger partial charge in [0.2, 0.25) is 7.37 Å². The standard InChI is InChI=1S/C13H25O4P/c1-4-5-6-7-8-9-10-18(15,16)11-17-13(14)12(2)3/h2,4-11H2,1,3H3,(H,15,16). The third-order valence-corrected chi connectivity index (χ3v) is 4.15. The van der Waals surface area contributed by atoms with Crippen LogP contribution >= 0.6 is 7.37 Å². The summed E-state index contributed by atoms with van der Waals surface area (Å²) in [5.41, 5.74) is 0.245. The highest BCUT2D eigenvalue weighted by molar-refractivity contribution is 7.57. The van der Waals surface area contributed by atoms with Crippen LogP contribution in [0.25, 0.3) is 0 Å². The van der Waals surface area contributed by atoms with Crippen molar-refractivity contribution in [2.75, 3.05) is 12.5 Å². The fourth-order valence-corrected chi connectivity index (χ4v) is 2.65. The zero-order chi connectivity index (χ0) is 14.0. The van der Waals surface area contributed by atoms with Crippen molar-refractivity contribution in [1.29, 1.82) is 0 Å². The topological polar surface area (TPSA) is 63.6 Å². The van der Waals surface area contributed by atoms with Crippen LogP contribution in [0, 0.1) is 0 Å². The normalized spacial score (nSPS) is 13.9. The molecule has 1 atom stereocenters. The summed E-state index contributed by atoms with van der Waals surface area (Å²) >= 11 is 0. The third-order valence-electron chi connectivity index (χ3n) is 2.61. The molecule has 0 amide bonds. The minimum absolute atomic E-state index is 0.225. The van der Waals surface area contributed by atoms with Gasteiger partial charge in [-0.25, -0.2) is 4.79 Å². The van der Waals surface area contributed by atoms with Crippen molar-refractivity contribution in [3.8, 4) is 0 Å². The van der Waals surface area contributed by atoms with Crippen LogP contribution in [0.5, 0.6) is 0 Å². The predicted molar refractivity (Wildman–Crippen MR) is 73.8 cm³/mol. The van der Waals surface area contributed by atoms with E-state index >= 15 is 0 Å². The molecule has 18 heavy (non-hydrogen) atoms. The zero-order valence-corrected chi connectivity index (χ0v) is 12.4. The van der Waals surface area contributed by atoms with Crippen molar-refractivity contribution in [2.24, 2.45) is 0 Å². The number of rotatable bonds is 10. The molecule has 1 N–H and O–H groups in total. The first kappa shape index (κ1) is 17.4. The maximum absolute atomic E-state index is 11.7. The first-order chi connectivity index (χ1) is 8.39. The van der Waals surface area contributed by atoms with Crippen LogP contribution in [0.15, 0.2) is 12.2 Å². The Balaban J connectivity index is 3.70. The lowest BCUT2D eigenvalue weighted by molar-refractivity contribution is -0.137. The molecule has 0 heterocycles. The smallest absolute Gasteiger partial charge is 0.333 e. The largest absolute Gasteiger partial charge is 0.452 e. The van der Waals surface area contributed by atoms with Crippen molar-refractivity contribution in [1.82, 2.24) is 0 Å². The minimum Gasteiger partial charge on any atom is -0.452 e. The number of carbonyl (C=O) groups is 1. The van der Waals surface area contributed by atoms with Gasteiger partial charge in [-0.15, -0.1) is 0 Å². The monoisotopic (exact) mass is 276 g/mol. The second-order valence-electron chi connectivity index (χ2n) is 4.68. The van der Waals surface area contributed by atoms with Gasteiger partial charge in [-0.1, -0.05) is 45.6 Å². The maximum Gasteiger partial charge on any atom is 0.333 e. The van der Waals surface area contributed by atoms with Gasteiger partial charge in [0, 0.05) is 11.7 Å². The van der Waals surface area contributed by atoms with Crippen molar-refractivity contribution < 1.29 is 19.0 Å². The SMILES string of the molecule is C=C(C)C(=O)OCP(=O)(O)CCCCCCCC. The number of hydrogen-bond acceptors (Lipinski definition) is 3. The molecule has 0 fully saturated rings. The minimum atomic E-state index is -3.33. The van der Waals surface area contributed by atoms with Gasteiger partial charge in [-0.3, -0.25) is 4.57 Å². The molecule has 0 saturated carbocycles. The summed E-state index contributed by atoms with van der Waals surface area (Å²) in [5.74, 6) is -0.604. The predicted octanol–water partition coefficient (Wildman–Crippen LogP) is 3.69. The lowest BCUT2D eigenvalue weighted by Crippen LogP contribution is -2.08. The van der Waals surface area contributed by atoms with E-state index in [9.17, 15) is 14.3 Å². The summed E-state index contributed by atoms with van der Waals surface area (Å²) < 4.78 is 16.4. The Morgan fingerprint density at radius 2 is 1.78 bits per heavy atom. The lowest BCUT2D eigenvalue weighted by atomic mass is 10.1. The molecule has 0 bridgehead atoms. The Morgan fingerprint density at radius 1 is 1.22 bits per heavy atom. The summed E-state index contributed by atoms with van der Waals surface area (Å²) in [6, 6.07) is 0. The van der Waals surface area contributed by atoms with Gasteiger partial charge in [-0.05, 0) is 13.3 Å². The molecule has 106 valence electrons. The molecule has 0 aromatic rings. The van der Waals surface area contributed by atoms with Gasteiger partial charge in [0.05, 0.1) is 0 Å². The number of ether oxygens (including phenoxy) is 1. The Bertz CT molecular complexity index is 312. The van der Waals surface area contributed by atoms with Gasteiger partial charge >= 0.3 is 5.97 Å². The Morgan fingerprint density at radius 3 is 2.33 bits per heavy atom. The third kappa shape index (κ3) is 9.43. The first-order valence-corrected chi connectivity index (χ1v) is 8.55.